The molecular formula is C14H26N4O. The Labute approximate surface area is 116 Å². The molecule has 1 N–H and O–H groups in total. The van der Waals surface area contributed by atoms with E-state index in [-0.39, 0.29) is 0 Å². The number of nitrogens with one attached hydrogen (secondary N) is 1. The summed E-state index contributed by atoms with van der Waals surface area (Å²) < 4.78 is 5.15. The summed E-state index contributed by atoms with van der Waals surface area (Å²) in [6.45, 7) is 9.75. The number of anilines is 1. The molecule has 0 saturated carbocycles. The number of methoxy groups -OCH3 is 1. The van der Waals surface area contributed by atoms with E-state index >= 15 is 0 Å². The SMILES string of the molecule is CCCNCc1cncc(N(CCOC)C(C)C)n1. The summed E-state index contributed by atoms with van der Waals surface area (Å²) in [5, 5.41) is 3.34. The molecule has 0 saturated heterocycles. The van der Waals surface area contributed by atoms with Gasteiger partial charge in [-0.1, -0.05) is 6.92 Å². The molecule has 5 heteroatoms. The third-order valence-electron chi connectivity index (χ3n) is 2.86. The summed E-state index contributed by atoms with van der Waals surface area (Å²) in [5.41, 5.74) is 0.981. The van der Waals surface area contributed by atoms with Crippen molar-refractivity contribution in [3.8, 4) is 0 Å². The van der Waals surface area contributed by atoms with Crippen LogP contribution in [0.25, 0.3) is 0 Å². The van der Waals surface area contributed by atoms with Crippen molar-refractivity contribution in [2.45, 2.75) is 39.8 Å². The Bertz CT molecular complexity index is 357. The van der Waals surface area contributed by atoms with E-state index in [4.69, 9.17) is 4.74 Å². The Morgan fingerprint density at radius 2 is 2.16 bits per heavy atom. The zero-order valence-corrected chi connectivity index (χ0v) is 12.5. The average molecular weight is 266 g/mol. The number of hydrogen-bond donors (Lipinski definition) is 1. The van der Waals surface area contributed by atoms with E-state index in [0.717, 1.165) is 37.6 Å². The molecule has 0 unspecified atom stereocenters. The van der Waals surface area contributed by atoms with Gasteiger partial charge in [0.1, 0.15) is 5.82 Å². The van der Waals surface area contributed by atoms with Crippen LogP contribution in [0.3, 0.4) is 0 Å². The van der Waals surface area contributed by atoms with Crippen LogP contribution in [0.2, 0.25) is 0 Å². The van der Waals surface area contributed by atoms with Crippen molar-refractivity contribution in [3.63, 3.8) is 0 Å². The topological polar surface area (TPSA) is 50.3 Å². The lowest BCUT2D eigenvalue weighted by molar-refractivity contribution is 0.203. The maximum atomic E-state index is 5.15. The molecule has 0 aliphatic rings. The van der Waals surface area contributed by atoms with Crippen molar-refractivity contribution in [2.75, 3.05) is 31.7 Å². The van der Waals surface area contributed by atoms with Gasteiger partial charge in [-0.15, -0.1) is 0 Å². The molecule has 1 heterocycles. The Morgan fingerprint density at radius 1 is 1.37 bits per heavy atom. The maximum absolute atomic E-state index is 5.15. The molecule has 1 aromatic rings. The van der Waals surface area contributed by atoms with E-state index in [1.165, 1.54) is 0 Å². The quantitative estimate of drug-likeness (QED) is 0.691. The lowest BCUT2D eigenvalue weighted by Crippen LogP contribution is -2.34. The van der Waals surface area contributed by atoms with Gasteiger partial charge in [0, 0.05) is 32.4 Å². The van der Waals surface area contributed by atoms with E-state index in [1.54, 1.807) is 7.11 Å². The molecule has 5 nitrogen and oxygen atoms in total. The molecule has 0 atom stereocenters. The number of nitrogens with zero attached hydrogens (tertiary/aromatic N) is 3. The van der Waals surface area contributed by atoms with Gasteiger partial charge in [0.25, 0.3) is 0 Å². The molecule has 0 aliphatic carbocycles. The number of ether oxygens (including phenoxy) is 1. The molecule has 1 rings (SSSR count). The molecular weight excluding hydrogens is 240 g/mol. The Kier molecular flexibility index (Phi) is 7.36. The van der Waals surface area contributed by atoms with Crippen molar-refractivity contribution < 1.29 is 4.74 Å². The Hall–Kier alpha value is -1.20. The second-order valence-corrected chi connectivity index (χ2v) is 4.83. The lowest BCUT2D eigenvalue weighted by atomic mass is 10.3. The van der Waals surface area contributed by atoms with E-state index in [2.05, 4.69) is 41.0 Å². The predicted octanol–water partition coefficient (Wildman–Crippen LogP) is 1.84. The molecule has 0 spiro atoms. The van der Waals surface area contributed by atoms with Crippen molar-refractivity contribution in [3.05, 3.63) is 18.1 Å². The standard InChI is InChI=1S/C14H26N4O/c1-5-6-15-9-13-10-16-11-14(17-13)18(12(2)3)7-8-19-4/h10-12,15H,5-9H2,1-4H3. The zero-order chi connectivity index (χ0) is 14.1. The second kappa shape index (κ2) is 8.82. The van der Waals surface area contributed by atoms with E-state index in [9.17, 15) is 0 Å². The van der Waals surface area contributed by atoms with Crippen LogP contribution in [0.4, 0.5) is 5.82 Å². The maximum Gasteiger partial charge on any atom is 0.147 e. The smallest absolute Gasteiger partial charge is 0.147 e. The fraction of sp³-hybridized carbons (Fsp3) is 0.714. The van der Waals surface area contributed by atoms with Gasteiger partial charge in [-0.3, -0.25) is 4.98 Å². The minimum atomic E-state index is 0.378. The van der Waals surface area contributed by atoms with Crippen LogP contribution in [0.1, 0.15) is 32.9 Å². The van der Waals surface area contributed by atoms with E-state index in [0.29, 0.717) is 12.6 Å². The van der Waals surface area contributed by atoms with Gasteiger partial charge in [0.15, 0.2) is 0 Å². The third kappa shape index (κ3) is 5.53. The van der Waals surface area contributed by atoms with Crippen LogP contribution in [0.5, 0.6) is 0 Å². The van der Waals surface area contributed by atoms with Gasteiger partial charge in [-0.05, 0) is 26.8 Å². The largest absolute Gasteiger partial charge is 0.383 e. The van der Waals surface area contributed by atoms with Crippen molar-refractivity contribution >= 4 is 5.82 Å². The number of hydrogen-bond acceptors (Lipinski definition) is 5. The summed E-state index contributed by atoms with van der Waals surface area (Å²) in [5.74, 6) is 0.919. The van der Waals surface area contributed by atoms with Gasteiger partial charge < -0.3 is 15.0 Å². The first-order valence-corrected chi connectivity index (χ1v) is 6.96. The molecule has 108 valence electrons. The van der Waals surface area contributed by atoms with E-state index < -0.39 is 0 Å². The summed E-state index contributed by atoms with van der Waals surface area (Å²) >= 11 is 0. The lowest BCUT2D eigenvalue weighted by Gasteiger charge is -2.27. The highest BCUT2D eigenvalue weighted by Gasteiger charge is 2.12. The molecule has 1 aromatic heterocycles. The van der Waals surface area contributed by atoms with Gasteiger partial charge in [0.05, 0.1) is 18.5 Å². The van der Waals surface area contributed by atoms with Crippen LogP contribution in [-0.4, -0.2) is 42.8 Å². The first-order chi connectivity index (χ1) is 9.19. The monoisotopic (exact) mass is 266 g/mol. The molecule has 0 amide bonds. The summed E-state index contributed by atoms with van der Waals surface area (Å²) in [4.78, 5) is 11.2. The predicted molar refractivity (Wildman–Crippen MR) is 78.4 cm³/mol. The van der Waals surface area contributed by atoms with Crippen LogP contribution >= 0.6 is 0 Å². The van der Waals surface area contributed by atoms with Crippen molar-refractivity contribution in [1.82, 2.24) is 15.3 Å². The number of rotatable bonds is 9. The van der Waals surface area contributed by atoms with Gasteiger partial charge in [-0.2, -0.15) is 0 Å². The minimum absolute atomic E-state index is 0.378. The molecule has 19 heavy (non-hydrogen) atoms. The highest BCUT2D eigenvalue weighted by atomic mass is 16.5. The first-order valence-electron chi connectivity index (χ1n) is 6.96. The van der Waals surface area contributed by atoms with Crippen molar-refractivity contribution in [2.24, 2.45) is 0 Å². The van der Waals surface area contributed by atoms with Crippen molar-refractivity contribution in [1.29, 1.82) is 0 Å². The summed E-state index contributed by atoms with van der Waals surface area (Å²) in [6, 6.07) is 0.378. The van der Waals surface area contributed by atoms with Crippen LogP contribution in [-0.2, 0) is 11.3 Å². The fourth-order valence-electron chi connectivity index (χ4n) is 1.84. The fourth-order valence-corrected chi connectivity index (χ4v) is 1.84. The second-order valence-electron chi connectivity index (χ2n) is 4.83. The van der Waals surface area contributed by atoms with Crippen LogP contribution in [0, 0.1) is 0 Å². The highest BCUT2D eigenvalue weighted by Crippen LogP contribution is 2.13. The first kappa shape index (κ1) is 15.9. The Balaban J connectivity index is 2.70. The van der Waals surface area contributed by atoms with E-state index in [1.807, 2.05) is 12.4 Å². The molecule has 0 radical (unpaired) electrons. The van der Waals surface area contributed by atoms with Crippen LogP contribution in [0.15, 0.2) is 12.4 Å². The molecule has 0 aromatic carbocycles. The molecule has 0 aliphatic heterocycles. The Morgan fingerprint density at radius 3 is 2.79 bits per heavy atom. The zero-order valence-electron chi connectivity index (χ0n) is 12.5. The third-order valence-corrected chi connectivity index (χ3v) is 2.86. The molecule has 0 bridgehead atoms. The molecule has 0 fully saturated rings. The average Bonchev–Trinajstić information content (AvgIpc) is 2.40. The number of aromatic nitrogens is 2. The summed E-state index contributed by atoms with van der Waals surface area (Å²) in [6.07, 6.45) is 4.76. The minimum Gasteiger partial charge on any atom is -0.383 e. The van der Waals surface area contributed by atoms with Crippen LogP contribution < -0.4 is 10.2 Å². The van der Waals surface area contributed by atoms with Gasteiger partial charge >= 0.3 is 0 Å². The van der Waals surface area contributed by atoms with Gasteiger partial charge in [-0.25, -0.2) is 4.98 Å². The highest BCUT2D eigenvalue weighted by molar-refractivity contribution is 5.37. The summed E-state index contributed by atoms with van der Waals surface area (Å²) in [7, 11) is 1.72. The van der Waals surface area contributed by atoms with Gasteiger partial charge in [0.2, 0.25) is 0 Å². The normalized spacial score (nSPS) is 11.0.